The number of anilines is 2. The van der Waals surface area contributed by atoms with Crippen LogP contribution < -0.4 is 20.1 Å². The first-order valence-electron chi connectivity index (χ1n) is 9.78. The molecule has 0 aliphatic heterocycles. The molecule has 0 aliphatic rings. The van der Waals surface area contributed by atoms with Crippen molar-refractivity contribution in [2.45, 2.75) is 26.1 Å². The van der Waals surface area contributed by atoms with Crippen LogP contribution in [-0.2, 0) is 9.59 Å². The van der Waals surface area contributed by atoms with Gasteiger partial charge >= 0.3 is 12.2 Å². The van der Waals surface area contributed by atoms with Gasteiger partial charge in [-0.05, 0) is 55.0 Å². The second-order valence-corrected chi connectivity index (χ2v) is 6.56. The molecule has 6 heteroatoms. The van der Waals surface area contributed by atoms with Crippen LogP contribution in [0.25, 0.3) is 0 Å². The van der Waals surface area contributed by atoms with E-state index in [1.165, 1.54) is 0 Å². The van der Waals surface area contributed by atoms with Crippen molar-refractivity contribution in [1.82, 2.24) is 0 Å². The third-order valence-electron chi connectivity index (χ3n) is 4.10. The van der Waals surface area contributed by atoms with E-state index in [4.69, 9.17) is 9.47 Å². The first kappa shape index (κ1) is 20.9. The molecule has 3 rings (SSSR count). The number of rotatable bonds is 9. The van der Waals surface area contributed by atoms with Gasteiger partial charge in [-0.1, -0.05) is 43.3 Å². The number of benzene rings is 3. The lowest BCUT2D eigenvalue weighted by Crippen LogP contribution is -2.38. The summed E-state index contributed by atoms with van der Waals surface area (Å²) >= 11 is 0. The Morgan fingerprint density at radius 3 is 1.67 bits per heavy atom. The quantitative estimate of drug-likeness (QED) is 0.500. The fourth-order valence-electron chi connectivity index (χ4n) is 2.67. The summed E-state index contributed by atoms with van der Waals surface area (Å²) in [5.41, 5.74) is 1.23. The Kier molecular flexibility index (Phi) is 7.44. The zero-order chi connectivity index (χ0) is 21.2. The Bertz CT molecular complexity index is 902. The van der Waals surface area contributed by atoms with Gasteiger partial charge in [-0.15, -0.1) is 0 Å². The standard InChI is InChI=1S/C24H24N2O4/c1-2-9-22(27)25-18-14-16-19(17-15-18)26-23(28)24(29-20-10-5-3-6-11-20)30-21-12-7-4-8-13-21/h3-8,10-17,24H,2,9H2,1H3,(H,25,27)(H,26,28). The summed E-state index contributed by atoms with van der Waals surface area (Å²) < 4.78 is 11.5. The normalized spacial score (nSPS) is 10.3. The molecule has 0 aliphatic carbocycles. The maximum atomic E-state index is 12.8. The molecule has 0 unspecified atom stereocenters. The lowest BCUT2D eigenvalue weighted by molar-refractivity contribution is -0.134. The van der Waals surface area contributed by atoms with Crippen LogP contribution >= 0.6 is 0 Å². The predicted molar refractivity (Wildman–Crippen MR) is 117 cm³/mol. The van der Waals surface area contributed by atoms with E-state index in [1.54, 1.807) is 48.5 Å². The minimum Gasteiger partial charge on any atom is -0.446 e. The Morgan fingerprint density at radius 2 is 1.20 bits per heavy atom. The minimum atomic E-state index is -1.18. The third kappa shape index (κ3) is 6.38. The highest BCUT2D eigenvalue weighted by atomic mass is 16.7. The van der Waals surface area contributed by atoms with Crippen molar-refractivity contribution >= 4 is 23.2 Å². The van der Waals surface area contributed by atoms with Crippen molar-refractivity contribution in [2.75, 3.05) is 10.6 Å². The monoisotopic (exact) mass is 404 g/mol. The highest BCUT2D eigenvalue weighted by Gasteiger charge is 2.23. The Labute approximate surface area is 175 Å². The van der Waals surface area contributed by atoms with Crippen molar-refractivity contribution in [2.24, 2.45) is 0 Å². The van der Waals surface area contributed by atoms with Gasteiger partial charge in [0.2, 0.25) is 5.91 Å². The van der Waals surface area contributed by atoms with Gasteiger partial charge in [0.15, 0.2) is 0 Å². The van der Waals surface area contributed by atoms with Gasteiger partial charge in [0.1, 0.15) is 11.5 Å². The van der Waals surface area contributed by atoms with E-state index >= 15 is 0 Å². The van der Waals surface area contributed by atoms with Crippen LogP contribution in [0, 0.1) is 0 Å². The summed E-state index contributed by atoms with van der Waals surface area (Å²) in [5, 5.41) is 5.60. The number of para-hydroxylation sites is 2. The molecule has 0 fully saturated rings. The molecular weight excluding hydrogens is 380 g/mol. The molecule has 0 saturated carbocycles. The first-order chi connectivity index (χ1) is 14.6. The Morgan fingerprint density at radius 1 is 0.733 bits per heavy atom. The summed E-state index contributed by atoms with van der Waals surface area (Å²) in [6, 6.07) is 24.9. The summed E-state index contributed by atoms with van der Waals surface area (Å²) in [4.78, 5) is 24.5. The van der Waals surface area contributed by atoms with Gasteiger partial charge in [-0.3, -0.25) is 9.59 Å². The highest BCUT2D eigenvalue weighted by Crippen LogP contribution is 2.18. The van der Waals surface area contributed by atoms with Gasteiger partial charge in [0, 0.05) is 17.8 Å². The molecule has 0 aromatic heterocycles. The fourth-order valence-corrected chi connectivity index (χ4v) is 2.67. The van der Waals surface area contributed by atoms with Crippen molar-refractivity contribution in [3.63, 3.8) is 0 Å². The average Bonchev–Trinajstić information content (AvgIpc) is 2.76. The second-order valence-electron chi connectivity index (χ2n) is 6.56. The molecule has 0 radical (unpaired) electrons. The topological polar surface area (TPSA) is 76.7 Å². The number of ether oxygens (including phenoxy) is 2. The van der Waals surface area contributed by atoms with E-state index in [0.717, 1.165) is 6.42 Å². The van der Waals surface area contributed by atoms with Gasteiger partial charge in [0.25, 0.3) is 0 Å². The van der Waals surface area contributed by atoms with E-state index in [2.05, 4.69) is 10.6 Å². The van der Waals surface area contributed by atoms with Crippen LogP contribution in [0.2, 0.25) is 0 Å². The summed E-state index contributed by atoms with van der Waals surface area (Å²) in [7, 11) is 0. The molecule has 154 valence electrons. The molecule has 0 atom stereocenters. The smallest absolute Gasteiger partial charge is 0.321 e. The number of nitrogens with one attached hydrogen (secondary N) is 2. The molecule has 0 spiro atoms. The summed E-state index contributed by atoms with van der Waals surface area (Å²) in [5.74, 6) is 0.539. The van der Waals surface area contributed by atoms with Crippen molar-refractivity contribution < 1.29 is 19.1 Å². The molecule has 0 bridgehead atoms. The average molecular weight is 404 g/mol. The summed E-state index contributed by atoms with van der Waals surface area (Å²) in [6.45, 7) is 1.95. The minimum absolute atomic E-state index is 0.0399. The van der Waals surface area contributed by atoms with Crippen molar-refractivity contribution in [3.8, 4) is 11.5 Å². The molecule has 3 aromatic rings. The van der Waals surface area contributed by atoms with E-state index < -0.39 is 12.2 Å². The lowest BCUT2D eigenvalue weighted by atomic mass is 10.2. The van der Waals surface area contributed by atoms with Crippen molar-refractivity contribution in [3.05, 3.63) is 84.9 Å². The van der Waals surface area contributed by atoms with Gasteiger partial charge in [-0.25, -0.2) is 0 Å². The number of amides is 2. The van der Waals surface area contributed by atoms with Crippen LogP contribution in [-0.4, -0.2) is 18.1 Å². The molecule has 0 saturated heterocycles. The molecule has 30 heavy (non-hydrogen) atoms. The number of carbonyl (C=O) groups excluding carboxylic acids is 2. The Balaban J connectivity index is 1.68. The highest BCUT2D eigenvalue weighted by molar-refractivity contribution is 5.94. The van der Waals surface area contributed by atoms with Crippen LogP contribution in [0.15, 0.2) is 84.9 Å². The van der Waals surface area contributed by atoms with Crippen molar-refractivity contribution in [1.29, 1.82) is 0 Å². The van der Waals surface area contributed by atoms with Crippen LogP contribution in [0.3, 0.4) is 0 Å². The van der Waals surface area contributed by atoms with E-state index in [1.807, 2.05) is 43.3 Å². The molecule has 2 amide bonds. The van der Waals surface area contributed by atoms with E-state index in [0.29, 0.717) is 29.3 Å². The maximum Gasteiger partial charge on any atom is 0.321 e. The lowest BCUT2D eigenvalue weighted by Gasteiger charge is -2.20. The Hall–Kier alpha value is -3.80. The number of hydrogen-bond acceptors (Lipinski definition) is 4. The maximum absolute atomic E-state index is 12.8. The number of hydrogen-bond donors (Lipinski definition) is 2. The molecular formula is C24H24N2O4. The largest absolute Gasteiger partial charge is 0.446 e. The van der Waals surface area contributed by atoms with E-state index in [-0.39, 0.29) is 5.91 Å². The fraction of sp³-hybridized carbons (Fsp3) is 0.167. The zero-order valence-electron chi connectivity index (χ0n) is 16.7. The van der Waals surface area contributed by atoms with Crippen LogP contribution in [0.5, 0.6) is 11.5 Å². The first-order valence-corrected chi connectivity index (χ1v) is 9.78. The van der Waals surface area contributed by atoms with E-state index in [9.17, 15) is 9.59 Å². The van der Waals surface area contributed by atoms with Gasteiger partial charge in [-0.2, -0.15) is 0 Å². The SMILES string of the molecule is CCCC(=O)Nc1ccc(NC(=O)C(Oc2ccccc2)Oc2ccccc2)cc1. The van der Waals surface area contributed by atoms with Gasteiger partial charge in [0.05, 0.1) is 0 Å². The third-order valence-corrected chi connectivity index (χ3v) is 4.10. The molecule has 6 nitrogen and oxygen atoms in total. The second kappa shape index (κ2) is 10.7. The predicted octanol–water partition coefficient (Wildman–Crippen LogP) is 4.85. The summed E-state index contributed by atoms with van der Waals surface area (Å²) in [6.07, 6.45) is 0.0663. The molecule has 2 N–H and O–H groups in total. The number of carbonyl (C=O) groups is 2. The van der Waals surface area contributed by atoms with Gasteiger partial charge < -0.3 is 20.1 Å². The molecule has 3 aromatic carbocycles. The van der Waals surface area contributed by atoms with Crippen LogP contribution in [0.1, 0.15) is 19.8 Å². The zero-order valence-corrected chi connectivity index (χ0v) is 16.7. The van der Waals surface area contributed by atoms with Crippen LogP contribution in [0.4, 0.5) is 11.4 Å². The molecule has 0 heterocycles.